The van der Waals surface area contributed by atoms with Crippen molar-refractivity contribution in [2.24, 2.45) is 5.73 Å². The summed E-state index contributed by atoms with van der Waals surface area (Å²) in [5, 5.41) is 9.52. The molecule has 0 radical (unpaired) electrons. The van der Waals surface area contributed by atoms with E-state index in [1.54, 1.807) is 0 Å². The van der Waals surface area contributed by atoms with Crippen LogP contribution in [0.3, 0.4) is 0 Å². The van der Waals surface area contributed by atoms with Gasteiger partial charge in [-0.25, -0.2) is 0 Å². The second kappa shape index (κ2) is 6.55. The van der Waals surface area contributed by atoms with Gasteiger partial charge in [0.2, 0.25) is 0 Å². The number of aliphatic hydroxyl groups is 1. The van der Waals surface area contributed by atoms with Gasteiger partial charge in [-0.2, -0.15) is 0 Å². The highest BCUT2D eigenvalue weighted by Crippen LogP contribution is 2.19. The number of hydrogen-bond donors (Lipinski definition) is 2. The van der Waals surface area contributed by atoms with E-state index in [0.717, 1.165) is 26.0 Å². The van der Waals surface area contributed by atoms with Gasteiger partial charge in [-0.15, -0.1) is 0 Å². The van der Waals surface area contributed by atoms with Crippen LogP contribution in [0.1, 0.15) is 33.6 Å². The van der Waals surface area contributed by atoms with Crippen LogP contribution in [0.15, 0.2) is 0 Å². The van der Waals surface area contributed by atoms with Crippen LogP contribution >= 0.6 is 0 Å². The molecule has 96 valence electrons. The number of hydrogen-bond acceptors (Lipinski definition) is 4. The van der Waals surface area contributed by atoms with Crippen LogP contribution in [0.2, 0.25) is 0 Å². The smallest absolute Gasteiger partial charge is 0.0674 e. The van der Waals surface area contributed by atoms with Crippen molar-refractivity contribution in [3.05, 3.63) is 0 Å². The van der Waals surface area contributed by atoms with Crippen molar-refractivity contribution in [2.75, 3.05) is 19.8 Å². The molecule has 0 aromatic carbocycles. The molecule has 4 atom stereocenters. The topological polar surface area (TPSA) is 58.7 Å². The zero-order valence-corrected chi connectivity index (χ0v) is 10.7. The summed E-state index contributed by atoms with van der Waals surface area (Å²) in [6.07, 6.45) is 2.17. The molecule has 4 unspecified atom stereocenters. The molecule has 0 aromatic rings. The quantitative estimate of drug-likeness (QED) is 0.725. The van der Waals surface area contributed by atoms with Gasteiger partial charge in [0.15, 0.2) is 0 Å². The lowest BCUT2D eigenvalue weighted by Gasteiger charge is -2.44. The summed E-state index contributed by atoms with van der Waals surface area (Å²) in [6, 6.07) is 0.511. The number of nitrogens with two attached hydrogens (primary N) is 1. The second-order valence-electron chi connectivity index (χ2n) is 4.72. The van der Waals surface area contributed by atoms with Crippen LogP contribution in [0.4, 0.5) is 0 Å². The highest BCUT2D eigenvalue weighted by Gasteiger charge is 2.33. The number of nitrogens with zero attached hydrogens (tertiary/aromatic N) is 1. The third kappa shape index (κ3) is 3.17. The fourth-order valence-electron chi connectivity index (χ4n) is 2.39. The molecule has 1 aliphatic heterocycles. The molecule has 1 fully saturated rings. The van der Waals surface area contributed by atoms with Gasteiger partial charge in [0, 0.05) is 24.7 Å². The van der Waals surface area contributed by atoms with Gasteiger partial charge in [0.1, 0.15) is 0 Å². The summed E-state index contributed by atoms with van der Waals surface area (Å²) in [5.74, 6) is 0. The molecule has 0 aliphatic carbocycles. The Morgan fingerprint density at radius 1 is 1.50 bits per heavy atom. The number of aliphatic hydroxyl groups excluding tert-OH is 1. The normalized spacial score (nSPS) is 31.3. The van der Waals surface area contributed by atoms with Crippen LogP contribution in [-0.2, 0) is 4.74 Å². The lowest BCUT2D eigenvalue weighted by atomic mass is 10.0. The predicted octanol–water partition coefficient (Wildman–Crippen LogP) is 0.584. The molecule has 1 aliphatic rings. The van der Waals surface area contributed by atoms with E-state index in [1.807, 2.05) is 0 Å². The number of morpholine rings is 1. The maximum absolute atomic E-state index is 9.52. The molecule has 1 rings (SSSR count). The van der Waals surface area contributed by atoms with E-state index in [1.165, 1.54) is 0 Å². The Hall–Kier alpha value is -0.160. The van der Waals surface area contributed by atoms with E-state index in [9.17, 15) is 5.11 Å². The van der Waals surface area contributed by atoms with Crippen molar-refractivity contribution >= 4 is 0 Å². The van der Waals surface area contributed by atoms with Crippen LogP contribution in [0.5, 0.6) is 0 Å². The van der Waals surface area contributed by atoms with Crippen molar-refractivity contribution in [3.63, 3.8) is 0 Å². The van der Waals surface area contributed by atoms with Gasteiger partial charge in [0.05, 0.1) is 19.3 Å². The molecule has 0 saturated carbocycles. The number of ether oxygens (including phenoxy) is 1. The minimum atomic E-state index is 0.0457. The van der Waals surface area contributed by atoms with Crippen molar-refractivity contribution < 1.29 is 9.84 Å². The van der Waals surface area contributed by atoms with E-state index in [0.29, 0.717) is 6.04 Å². The standard InChI is InChI=1S/C12H26N2O2/c1-4-10-8-16-9(3)6-14(10)12(7-15)11(13)5-2/h9-12,15H,4-8,13H2,1-3H3. The van der Waals surface area contributed by atoms with Gasteiger partial charge in [0.25, 0.3) is 0 Å². The van der Waals surface area contributed by atoms with Crippen LogP contribution < -0.4 is 5.73 Å². The third-order valence-corrected chi connectivity index (χ3v) is 3.56. The van der Waals surface area contributed by atoms with E-state index < -0.39 is 0 Å². The molecule has 0 amide bonds. The monoisotopic (exact) mass is 230 g/mol. The largest absolute Gasteiger partial charge is 0.395 e. The molecule has 16 heavy (non-hydrogen) atoms. The Morgan fingerprint density at radius 3 is 2.69 bits per heavy atom. The molecule has 0 aromatic heterocycles. The molecule has 0 spiro atoms. The molecule has 0 bridgehead atoms. The summed E-state index contributed by atoms with van der Waals surface area (Å²) in [7, 11) is 0. The Morgan fingerprint density at radius 2 is 2.19 bits per heavy atom. The lowest BCUT2D eigenvalue weighted by molar-refractivity contribution is -0.0837. The highest BCUT2D eigenvalue weighted by molar-refractivity contribution is 4.88. The molecule has 4 nitrogen and oxygen atoms in total. The first kappa shape index (κ1) is 13.9. The summed E-state index contributed by atoms with van der Waals surface area (Å²) in [4.78, 5) is 2.34. The van der Waals surface area contributed by atoms with Crippen molar-refractivity contribution in [1.82, 2.24) is 4.90 Å². The third-order valence-electron chi connectivity index (χ3n) is 3.56. The van der Waals surface area contributed by atoms with Gasteiger partial charge in [-0.1, -0.05) is 13.8 Å². The Bertz CT molecular complexity index is 201. The summed E-state index contributed by atoms with van der Waals surface area (Å²) >= 11 is 0. The SMILES string of the molecule is CCC(N)C(CO)N1CC(C)OCC1CC. The number of rotatable bonds is 5. The van der Waals surface area contributed by atoms with Crippen LogP contribution in [0.25, 0.3) is 0 Å². The van der Waals surface area contributed by atoms with Gasteiger partial charge < -0.3 is 15.6 Å². The Labute approximate surface area is 98.8 Å². The van der Waals surface area contributed by atoms with E-state index in [-0.39, 0.29) is 24.8 Å². The minimum absolute atomic E-state index is 0.0457. The maximum Gasteiger partial charge on any atom is 0.0674 e. The van der Waals surface area contributed by atoms with Crippen molar-refractivity contribution in [2.45, 2.75) is 57.8 Å². The van der Waals surface area contributed by atoms with Gasteiger partial charge in [-0.05, 0) is 19.8 Å². The average molecular weight is 230 g/mol. The summed E-state index contributed by atoms with van der Waals surface area (Å²) in [6.45, 7) is 8.06. The van der Waals surface area contributed by atoms with E-state index in [4.69, 9.17) is 10.5 Å². The summed E-state index contributed by atoms with van der Waals surface area (Å²) in [5.41, 5.74) is 6.08. The zero-order chi connectivity index (χ0) is 12.1. The van der Waals surface area contributed by atoms with E-state index >= 15 is 0 Å². The maximum atomic E-state index is 9.52. The van der Waals surface area contributed by atoms with Crippen molar-refractivity contribution in [1.29, 1.82) is 0 Å². The average Bonchev–Trinajstić information content (AvgIpc) is 2.30. The van der Waals surface area contributed by atoms with Crippen LogP contribution in [0, 0.1) is 0 Å². The fourth-order valence-corrected chi connectivity index (χ4v) is 2.39. The summed E-state index contributed by atoms with van der Waals surface area (Å²) < 4.78 is 5.66. The lowest BCUT2D eigenvalue weighted by Crippen LogP contribution is -2.59. The Kier molecular flexibility index (Phi) is 5.69. The fraction of sp³-hybridized carbons (Fsp3) is 1.00. The van der Waals surface area contributed by atoms with Crippen LogP contribution in [-0.4, -0.2) is 54.0 Å². The van der Waals surface area contributed by atoms with Gasteiger partial charge >= 0.3 is 0 Å². The first-order valence-electron chi connectivity index (χ1n) is 6.37. The molecular formula is C12H26N2O2. The molecular weight excluding hydrogens is 204 g/mol. The molecule has 1 heterocycles. The molecule has 4 heteroatoms. The van der Waals surface area contributed by atoms with Gasteiger partial charge in [-0.3, -0.25) is 4.90 Å². The highest BCUT2D eigenvalue weighted by atomic mass is 16.5. The molecule has 3 N–H and O–H groups in total. The molecule has 1 saturated heterocycles. The van der Waals surface area contributed by atoms with E-state index in [2.05, 4.69) is 25.7 Å². The van der Waals surface area contributed by atoms with Crippen molar-refractivity contribution in [3.8, 4) is 0 Å². The Balaban J connectivity index is 2.70. The zero-order valence-electron chi connectivity index (χ0n) is 10.7. The predicted molar refractivity (Wildman–Crippen MR) is 65.3 cm³/mol. The first-order chi connectivity index (χ1) is 7.63. The minimum Gasteiger partial charge on any atom is -0.395 e. The first-order valence-corrected chi connectivity index (χ1v) is 6.37. The second-order valence-corrected chi connectivity index (χ2v) is 4.72.